The zero-order chi connectivity index (χ0) is 18.2. The maximum atomic E-state index is 6.39. The zero-order valence-electron chi connectivity index (χ0n) is 15.3. The third-order valence-electron chi connectivity index (χ3n) is 6.21. The third-order valence-corrected chi connectivity index (χ3v) is 6.21. The van der Waals surface area contributed by atoms with E-state index in [1.165, 1.54) is 43.4 Å². The number of aryl methyl sites for hydroxylation is 1. The summed E-state index contributed by atoms with van der Waals surface area (Å²) in [6.07, 6.45) is 6.69. The summed E-state index contributed by atoms with van der Waals surface area (Å²) in [4.78, 5) is 3.64. The number of H-pyrrole nitrogens is 1. The second-order valence-corrected chi connectivity index (χ2v) is 7.83. The van der Waals surface area contributed by atoms with E-state index >= 15 is 0 Å². The highest BCUT2D eigenvalue weighted by atomic mass is 16.3. The molecule has 0 saturated carbocycles. The first-order valence-electron chi connectivity index (χ1n) is 9.84. The van der Waals surface area contributed by atoms with Crippen LogP contribution in [0.25, 0.3) is 60.6 Å². The number of aromatic nitrogens is 1. The van der Waals surface area contributed by atoms with Gasteiger partial charge in [-0.3, -0.25) is 0 Å². The monoisotopic (exact) mass is 359 g/mol. The standard InChI is InChI=1S/C26H17NO/c1-3-7-17-13-23-21(11-15(17)5-1)19-9-10-20-22-12-16-6-2-4-8-18(16)14-24(22)28-26(20)25(19)27-23/h1,3-5,7-14,27H,2,6H2. The van der Waals surface area contributed by atoms with Crippen LogP contribution >= 0.6 is 0 Å². The summed E-state index contributed by atoms with van der Waals surface area (Å²) in [6.45, 7) is 0. The molecular weight excluding hydrogens is 342 g/mol. The van der Waals surface area contributed by atoms with Gasteiger partial charge < -0.3 is 9.40 Å². The van der Waals surface area contributed by atoms with Crippen LogP contribution in [0.15, 0.2) is 71.2 Å². The number of rotatable bonds is 0. The molecule has 1 aliphatic carbocycles. The second kappa shape index (κ2) is 5.05. The van der Waals surface area contributed by atoms with E-state index in [-0.39, 0.29) is 0 Å². The van der Waals surface area contributed by atoms with Gasteiger partial charge in [0.1, 0.15) is 5.58 Å². The molecule has 0 fully saturated rings. The second-order valence-electron chi connectivity index (χ2n) is 7.83. The van der Waals surface area contributed by atoms with Crippen molar-refractivity contribution in [1.29, 1.82) is 0 Å². The Kier molecular flexibility index (Phi) is 2.62. The molecule has 6 aromatic rings. The highest BCUT2D eigenvalue weighted by Crippen LogP contribution is 2.39. The van der Waals surface area contributed by atoms with Crippen LogP contribution in [0.1, 0.15) is 17.5 Å². The largest absolute Gasteiger partial charge is 0.454 e. The molecule has 4 aromatic carbocycles. The predicted molar refractivity (Wildman–Crippen MR) is 118 cm³/mol. The average molecular weight is 359 g/mol. The van der Waals surface area contributed by atoms with Crippen molar-refractivity contribution in [3.05, 3.63) is 77.9 Å². The minimum absolute atomic E-state index is 0.957. The third kappa shape index (κ3) is 1.82. The summed E-state index contributed by atoms with van der Waals surface area (Å²) < 4.78 is 6.39. The number of hydrogen-bond donors (Lipinski definition) is 1. The summed E-state index contributed by atoms with van der Waals surface area (Å²) in [5.74, 6) is 0. The molecule has 0 atom stereocenters. The molecule has 0 aliphatic heterocycles. The van der Waals surface area contributed by atoms with Crippen molar-refractivity contribution in [1.82, 2.24) is 4.98 Å². The predicted octanol–water partition coefficient (Wildman–Crippen LogP) is 7.33. The SMILES string of the molecule is C1=Cc2cc3oc4c(ccc5c6cc7ccccc7cc6[nH]c54)c3cc2CC1. The summed E-state index contributed by atoms with van der Waals surface area (Å²) >= 11 is 0. The summed E-state index contributed by atoms with van der Waals surface area (Å²) in [5.41, 5.74) is 6.88. The number of aromatic amines is 1. The van der Waals surface area contributed by atoms with E-state index in [0.717, 1.165) is 35.0 Å². The van der Waals surface area contributed by atoms with Crippen LogP contribution in [0.5, 0.6) is 0 Å². The van der Waals surface area contributed by atoms with Gasteiger partial charge in [-0.05, 0) is 65.1 Å². The van der Waals surface area contributed by atoms with Crippen LogP contribution in [-0.2, 0) is 6.42 Å². The van der Waals surface area contributed by atoms with Gasteiger partial charge in [0, 0.05) is 27.1 Å². The smallest absolute Gasteiger partial charge is 0.159 e. The Labute approximate surface area is 161 Å². The van der Waals surface area contributed by atoms with Crippen molar-refractivity contribution < 1.29 is 4.42 Å². The van der Waals surface area contributed by atoms with Gasteiger partial charge in [0.15, 0.2) is 5.58 Å². The van der Waals surface area contributed by atoms with E-state index in [0.29, 0.717) is 0 Å². The number of hydrogen-bond acceptors (Lipinski definition) is 1. The molecule has 2 heterocycles. The molecule has 28 heavy (non-hydrogen) atoms. The lowest BCUT2D eigenvalue weighted by molar-refractivity contribution is 0.671. The Morgan fingerprint density at radius 2 is 1.64 bits per heavy atom. The molecule has 132 valence electrons. The van der Waals surface area contributed by atoms with Gasteiger partial charge in [-0.15, -0.1) is 0 Å². The van der Waals surface area contributed by atoms with Crippen LogP contribution in [0.3, 0.4) is 0 Å². The molecule has 2 nitrogen and oxygen atoms in total. The summed E-state index contributed by atoms with van der Waals surface area (Å²) in [7, 11) is 0. The Bertz CT molecular complexity index is 1610. The van der Waals surface area contributed by atoms with Crippen molar-refractivity contribution in [2.24, 2.45) is 0 Å². The fourth-order valence-corrected chi connectivity index (χ4v) is 4.82. The first kappa shape index (κ1) is 14.5. The van der Waals surface area contributed by atoms with Gasteiger partial charge in [0.25, 0.3) is 0 Å². The van der Waals surface area contributed by atoms with E-state index in [9.17, 15) is 0 Å². The summed E-state index contributed by atoms with van der Waals surface area (Å²) in [6, 6.07) is 22.0. The molecule has 0 saturated heterocycles. The fourth-order valence-electron chi connectivity index (χ4n) is 4.82. The van der Waals surface area contributed by atoms with Crippen molar-refractivity contribution in [2.45, 2.75) is 12.8 Å². The molecular formula is C26H17NO. The molecule has 0 bridgehead atoms. The lowest BCUT2D eigenvalue weighted by Gasteiger charge is -2.09. The zero-order valence-corrected chi connectivity index (χ0v) is 15.3. The molecule has 1 aliphatic rings. The molecule has 0 radical (unpaired) electrons. The molecule has 2 aromatic heterocycles. The number of benzene rings is 4. The number of fused-ring (bicyclic) bond motifs is 9. The van der Waals surface area contributed by atoms with Gasteiger partial charge in [-0.1, -0.05) is 42.5 Å². The Hall–Kier alpha value is -3.52. The van der Waals surface area contributed by atoms with E-state index in [1.807, 2.05) is 0 Å². The van der Waals surface area contributed by atoms with Crippen LogP contribution in [0.2, 0.25) is 0 Å². The van der Waals surface area contributed by atoms with Crippen LogP contribution in [-0.4, -0.2) is 4.98 Å². The average Bonchev–Trinajstić information content (AvgIpc) is 3.27. The Morgan fingerprint density at radius 3 is 2.57 bits per heavy atom. The molecule has 0 unspecified atom stereocenters. The first-order chi connectivity index (χ1) is 13.8. The van der Waals surface area contributed by atoms with Crippen LogP contribution in [0.4, 0.5) is 0 Å². The summed E-state index contributed by atoms with van der Waals surface area (Å²) in [5, 5.41) is 7.39. The van der Waals surface area contributed by atoms with Crippen molar-refractivity contribution in [3.8, 4) is 0 Å². The van der Waals surface area contributed by atoms with E-state index in [1.54, 1.807) is 0 Å². The fraction of sp³-hybridized carbons (Fsp3) is 0.0769. The lowest BCUT2D eigenvalue weighted by atomic mass is 9.95. The highest BCUT2D eigenvalue weighted by molar-refractivity contribution is 6.21. The lowest BCUT2D eigenvalue weighted by Crippen LogP contribution is -1.92. The van der Waals surface area contributed by atoms with Gasteiger partial charge in [0.05, 0.1) is 5.52 Å². The van der Waals surface area contributed by atoms with Gasteiger partial charge in [0.2, 0.25) is 0 Å². The maximum Gasteiger partial charge on any atom is 0.159 e. The van der Waals surface area contributed by atoms with Crippen molar-refractivity contribution in [3.63, 3.8) is 0 Å². The van der Waals surface area contributed by atoms with Crippen LogP contribution in [0, 0.1) is 0 Å². The topological polar surface area (TPSA) is 28.9 Å². The number of allylic oxidation sites excluding steroid dienone is 1. The first-order valence-corrected chi connectivity index (χ1v) is 9.84. The minimum Gasteiger partial charge on any atom is -0.454 e. The minimum atomic E-state index is 0.957. The van der Waals surface area contributed by atoms with Crippen molar-refractivity contribution >= 4 is 60.6 Å². The molecule has 0 spiro atoms. The van der Waals surface area contributed by atoms with E-state index < -0.39 is 0 Å². The molecule has 0 amide bonds. The maximum absolute atomic E-state index is 6.39. The highest BCUT2D eigenvalue weighted by Gasteiger charge is 2.16. The Balaban J connectivity index is 1.62. The van der Waals surface area contributed by atoms with Crippen LogP contribution < -0.4 is 0 Å². The normalized spacial score (nSPS) is 14.0. The molecule has 7 rings (SSSR count). The number of nitrogens with one attached hydrogen (secondary N) is 1. The Morgan fingerprint density at radius 1 is 0.786 bits per heavy atom. The molecule has 2 heteroatoms. The van der Waals surface area contributed by atoms with Gasteiger partial charge in [-0.25, -0.2) is 0 Å². The van der Waals surface area contributed by atoms with Crippen molar-refractivity contribution in [2.75, 3.05) is 0 Å². The quantitative estimate of drug-likeness (QED) is 0.302. The number of furan rings is 1. The van der Waals surface area contributed by atoms with Gasteiger partial charge in [-0.2, -0.15) is 0 Å². The van der Waals surface area contributed by atoms with E-state index in [4.69, 9.17) is 4.42 Å². The van der Waals surface area contributed by atoms with E-state index in [2.05, 4.69) is 77.8 Å². The van der Waals surface area contributed by atoms with Gasteiger partial charge >= 0.3 is 0 Å². The molecule has 1 N–H and O–H groups in total.